The number of hydrogen-bond donors (Lipinski definition) is 7. The van der Waals surface area contributed by atoms with Crippen LogP contribution in [0.2, 0.25) is 0 Å². The molecule has 1 unspecified atom stereocenters. The lowest BCUT2D eigenvalue weighted by molar-refractivity contribution is -0.241. The highest BCUT2D eigenvalue weighted by Gasteiger charge is 2.54. The number of amides is 4. The molecule has 1 saturated heterocycles. The quantitative estimate of drug-likeness (QED) is 0.162. The molecule has 0 aromatic heterocycles. The van der Waals surface area contributed by atoms with E-state index in [0.29, 0.717) is 5.56 Å². The number of halogens is 1. The van der Waals surface area contributed by atoms with Crippen LogP contribution in [0.25, 0.3) is 0 Å². The maximum atomic E-state index is 13.1. The van der Waals surface area contributed by atoms with Crippen LogP contribution in [-0.4, -0.2) is 106 Å². The summed E-state index contributed by atoms with van der Waals surface area (Å²) >= 11 is 0. The number of urea groups is 1. The maximum absolute atomic E-state index is 13.1. The fraction of sp³-hybridized carbons (Fsp3) is 0.458. The fourth-order valence-corrected chi connectivity index (χ4v) is 4.32. The molecule has 8 N–H and O–H groups in total. The largest absolute Gasteiger partial charge is 0.456 e. The zero-order valence-electron chi connectivity index (χ0n) is 21.0. The molecule has 40 heavy (non-hydrogen) atoms. The first-order chi connectivity index (χ1) is 19.0. The number of rotatable bonds is 9. The first kappa shape index (κ1) is 29.3. The number of methoxy groups -OCH3 is 1. The van der Waals surface area contributed by atoms with Gasteiger partial charge in [0.15, 0.2) is 18.1 Å². The third-order valence-electron chi connectivity index (χ3n) is 6.37. The van der Waals surface area contributed by atoms with Gasteiger partial charge in [-0.05, 0) is 29.8 Å². The van der Waals surface area contributed by atoms with Crippen molar-refractivity contribution in [3.8, 4) is 0 Å². The highest BCUT2D eigenvalue weighted by molar-refractivity contribution is 5.91. The minimum absolute atomic E-state index is 0.0197. The lowest BCUT2D eigenvalue weighted by Gasteiger charge is -2.35. The Morgan fingerprint density at radius 1 is 1.20 bits per heavy atom. The third-order valence-corrected chi connectivity index (χ3v) is 6.37. The van der Waals surface area contributed by atoms with Crippen LogP contribution in [0.5, 0.6) is 0 Å². The van der Waals surface area contributed by atoms with E-state index in [1.807, 2.05) is 0 Å². The van der Waals surface area contributed by atoms with Crippen molar-refractivity contribution in [2.45, 2.75) is 61.9 Å². The van der Waals surface area contributed by atoms with Crippen LogP contribution in [0.3, 0.4) is 0 Å². The monoisotopic (exact) mass is 568 g/mol. The van der Waals surface area contributed by atoms with Crippen molar-refractivity contribution in [2.24, 2.45) is 5.73 Å². The Labute approximate surface area is 226 Å². The van der Waals surface area contributed by atoms with Gasteiger partial charge in [0.25, 0.3) is 5.91 Å². The van der Waals surface area contributed by atoms with Crippen LogP contribution in [0.1, 0.15) is 5.56 Å². The van der Waals surface area contributed by atoms with Gasteiger partial charge in [-0.1, -0.05) is 12.1 Å². The minimum Gasteiger partial charge on any atom is -0.456 e. The SMILES string of the molecule is CO[C@H]1[C@@H](O)[C@H](N2C=CC(O)NC2=O)O[C@@H]1[C@@H](O[C@H]1OC(C(=O)NCc2ccc(F)cc2)=C[C@H](O)[C@@H]1O)C(N)=O. The maximum Gasteiger partial charge on any atom is 0.325 e. The molecule has 16 heteroatoms. The molecule has 3 heterocycles. The normalized spacial score (nSPS) is 32.6. The summed E-state index contributed by atoms with van der Waals surface area (Å²) in [6, 6.07) is 4.51. The summed E-state index contributed by atoms with van der Waals surface area (Å²) in [5, 5.41) is 45.8. The molecule has 4 amide bonds. The van der Waals surface area contributed by atoms with Gasteiger partial charge in [-0.3, -0.25) is 14.5 Å². The third kappa shape index (κ3) is 6.23. The smallest absolute Gasteiger partial charge is 0.325 e. The minimum atomic E-state index is -1.81. The number of carbonyl (C=O) groups is 3. The Kier molecular flexibility index (Phi) is 8.99. The van der Waals surface area contributed by atoms with Crippen LogP contribution >= 0.6 is 0 Å². The van der Waals surface area contributed by atoms with Crippen molar-refractivity contribution in [1.29, 1.82) is 0 Å². The Morgan fingerprint density at radius 3 is 2.52 bits per heavy atom. The number of aliphatic hydroxyl groups excluding tert-OH is 4. The van der Waals surface area contributed by atoms with Crippen molar-refractivity contribution >= 4 is 17.8 Å². The molecule has 218 valence electrons. The molecular formula is C24H29FN4O11. The van der Waals surface area contributed by atoms with E-state index >= 15 is 0 Å². The Bertz CT molecular complexity index is 1170. The van der Waals surface area contributed by atoms with Crippen molar-refractivity contribution in [3.63, 3.8) is 0 Å². The number of aliphatic hydroxyl groups is 4. The van der Waals surface area contributed by atoms with E-state index < -0.39 is 84.8 Å². The van der Waals surface area contributed by atoms with Crippen LogP contribution in [-0.2, 0) is 35.1 Å². The molecule has 1 aromatic rings. The van der Waals surface area contributed by atoms with Crippen molar-refractivity contribution in [1.82, 2.24) is 15.5 Å². The van der Waals surface area contributed by atoms with Gasteiger partial charge in [-0.25, -0.2) is 9.18 Å². The molecule has 4 rings (SSSR count). The molecule has 3 aliphatic rings. The molecule has 1 fully saturated rings. The number of ether oxygens (including phenoxy) is 4. The first-order valence-corrected chi connectivity index (χ1v) is 12.0. The number of primary amides is 1. The number of nitrogens with zero attached hydrogens (tertiary/aromatic N) is 1. The van der Waals surface area contributed by atoms with E-state index in [0.717, 1.165) is 11.0 Å². The van der Waals surface area contributed by atoms with E-state index in [1.165, 1.54) is 43.7 Å². The molecule has 15 nitrogen and oxygen atoms in total. The predicted octanol–water partition coefficient (Wildman–Crippen LogP) is -2.77. The zero-order valence-corrected chi connectivity index (χ0v) is 21.0. The summed E-state index contributed by atoms with van der Waals surface area (Å²) in [5.74, 6) is -2.86. The van der Waals surface area contributed by atoms with Crippen molar-refractivity contribution < 1.29 is 58.1 Å². The average Bonchev–Trinajstić information content (AvgIpc) is 3.23. The molecule has 0 saturated carbocycles. The molecule has 0 bridgehead atoms. The van der Waals surface area contributed by atoms with E-state index in [2.05, 4.69) is 10.6 Å². The van der Waals surface area contributed by atoms with Gasteiger partial charge in [0.2, 0.25) is 12.2 Å². The second-order valence-electron chi connectivity index (χ2n) is 9.09. The van der Waals surface area contributed by atoms with Gasteiger partial charge in [-0.15, -0.1) is 0 Å². The summed E-state index contributed by atoms with van der Waals surface area (Å²) in [7, 11) is 1.20. The fourth-order valence-electron chi connectivity index (χ4n) is 4.32. The molecule has 0 radical (unpaired) electrons. The first-order valence-electron chi connectivity index (χ1n) is 12.0. The summed E-state index contributed by atoms with van der Waals surface area (Å²) in [6.45, 7) is -0.0197. The highest BCUT2D eigenvalue weighted by Crippen LogP contribution is 2.32. The number of hydrogen-bond acceptors (Lipinski definition) is 11. The van der Waals surface area contributed by atoms with Crippen molar-refractivity contribution in [3.05, 3.63) is 59.8 Å². The molecular weight excluding hydrogens is 539 g/mol. The second-order valence-corrected chi connectivity index (χ2v) is 9.09. The average molecular weight is 569 g/mol. The standard InChI is InChI=1S/C24H29FN4O11/c1-37-17-16(33)22(29-7-6-14(31)28-24(29)36)39-18(17)19(20(26)34)40-23-15(32)12(30)8-13(38-23)21(35)27-9-10-2-4-11(25)5-3-10/h2-8,12,14-19,22-23,30-33H,9H2,1H3,(H2,26,34)(H,27,35)(H,28,36)/t12-,14?,15-,16+,17-,18-,19+,22+,23+/m0/s1. The Hall–Kier alpha value is -3.64. The van der Waals surface area contributed by atoms with Gasteiger partial charge in [-0.2, -0.15) is 0 Å². The number of nitrogens with one attached hydrogen (secondary N) is 2. The van der Waals surface area contributed by atoms with E-state index in [9.17, 15) is 39.2 Å². The van der Waals surface area contributed by atoms with Gasteiger partial charge in [0.05, 0.1) is 0 Å². The predicted molar refractivity (Wildman–Crippen MR) is 128 cm³/mol. The van der Waals surface area contributed by atoms with Gasteiger partial charge in [0, 0.05) is 19.9 Å². The van der Waals surface area contributed by atoms with Crippen LogP contribution < -0.4 is 16.4 Å². The second kappa shape index (κ2) is 12.3. The van der Waals surface area contributed by atoms with Crippen LogP contribution in [0.4, 0.5) is 9.18 Å². The van der Waals surface area contributed by atoms with E-state index in [-0.39, 0.29) is 6.54 Å². The van der Waals surface area contributed by atoms with E-state index in [4.69, 9.17) is 24.7 Å². The van der Waals surface area contributed by atoms with Gasteiger partial charge < -0.3 is 55.7 Å². The molecule has 1 aromatic carbocycles. The van der Waals surface area contributed by atoms with Crippen molar-refractivity contribution in [2.75, 3.05) is 7.11 Å². The molecule has 3 aliphatic heterocycles. The van der Waals surface area contributed by atoms with Gasteiger partial charge >= 0.3 is 6.03 Å². The summed E-state index contributed by atoms with van der Waals surface area (Å²) < 4.78 is 35.1. The summed E-state index contributed by atoms with van der Waals surface area (Å²) in [4.78, 5) is 38.3. The van der Waals surface area contributed by atoms with Gasteiger partial charge in [0.1, 0.15) is 42.6 Å². The Morgan fingerprint density at radius 2 is 1.90 bits per heavy atom. The number of benzene rings is 1. The summed E-state index contributed by atoms with van der Waals surface area (Å²) in [5.41, 5.74) is 6.09. The lowest BCUT2D eigenvalue weighted by Crippen LogP contribution is -2.54. The molecule has 0 aliphatic carbocycles. The van der Waals surface area contributed by atoms with Crippen LogP contribution in [0, 0.1) is 5.82 Å². The number of nitrogens with two attached hydrogens (primary N) is 1. The summed E-state index contributed by atoms with van der Waals surface area (Å²) in [6.07, 6.45) is -10.6. The number of carbonyl (C=O) groups excluding carboxylic acids is 3. The Balaban J connectivity index is 1.47. The van der Waals surface area contributed by atoms with Crippen LogP contribution in [0.15, 0.2) is 48.4 Å². The molecule has 9 atom stereocenters. The lowest BCUT2D eigenvalue weighted by atomic mass is 10.0. The topological polar surface area (TPSA) is 222 Å². The zero-order chi connectivity index (χ0) is 29.1. The molecule has 0 spiro atoms. The van der Waals surface area contributed by atoms with E-state index in [1.54, 1.807) is 0 Å². The highest BCUT2D eigenvalue weighted by atomic mass is 19.1.